The van der Waals surface area contributed by atoms with Crippen molar-refractivity contribution >= 4 is 0 Å². The highest BCUT2D eigenvalue weighted by Gasteiger charge is 2.45. The molecule has 1 atom stereocenters. The summed E-state index contributed by atoms with van der Waals surface area (Å²) in [4.78, 5) is 2.50. The molecule has 1 heterocycles. The van der Waals surface area contributed by atoms with E-state index in [0.29, 0.717) is 6.42 Å². The van der Waals surface area contributed by atoms with Crippen molar-refractivity contribution in [1.82, 2.24) is 4.90 Å². The van der Waals surface area contributed by atoms with Gasteiger partial charge >= 0.3 is 0 Å². The van der Waals surface area contributed by atoms with Gasteiger partial charge in [-0.3, -0.25) is 4.90 Å². The number of aliphatic hydroxyl groups excluding tert-OH is 1. The van der Waals surface area contributed by atoms with Gasteiger partial charge in [-0.15, -0.1) is 0 Å². The molecule has 1 aromatic rings. The van der Waals surface area contributed by atoms with Crippen molar-refractivity contribution in [3.05, 3.63) is 35.6 Å². The van der Waals surface area contributed by atoms with Gasteiger partial charge in [-0.1, -0.05) is 25.0 Å². The third-order valence-electron chi connectivity index (χ3n) is 5.14. The zero-order chi connectivity index (χ0) is 14.0. The Morgan fingerprint density at radius 3 is 2.50 bits per heavy atom. The lowest BCUT2D eigenvalue weighted by atomic mass is 9.85. The molecule has 3 heteroatoms. The number of benzene rings is 1. The molecule has 2 aliphatic rings. The fraction of sp³-hybridized carbons (Fsp3) is 0.647. The van der Waals surface area contributed by atoms with Gasteiger partial charge in [-0.2, -0.15) is 0 Å². The van der Waals surface area contributed by atoms with Crippen molar-refractivity contribution in [2.45, 2.75) is 56.6 Å². The van der Waals surface area contributed by atoms with Crippen LogP contribution in [-0.2, 0) is 6.42 Å². The van der Waals surface area contributed by atoms with E-state index >= 15 is 0 Å². The minimum atomic E-state index is -0.384. The molecule has 20 heavy (non-hydrogen) atoms. The first-order chi connectivity index (χ1) is 9.71. The molecule has 1 N–H and O–H groups in total. The summed E-state index contributed by atoms with van der Waals surface area (Å²) in [7, 11) is 0. The van der Waals surface area contributed by atoms with E-state index in [1.807, 2.05) is 6.07 Å². The van der Waals surface area contributed by atoms with Crippen molar-refractivity contribution in [3.63, 3.8) is 0 Å². The molecular weight excluding hydrogens is 253 g/mol. The molecule has 1 aliphatic carbocycles. The molecule has 0 amide bonds. The Morgan fingerprint density at radius 1 is 1.15 bits per heavy atom. The zero-order valence-electron chi connectivity index (χ0n) is 12.0. The van der Waals surface area contributed by atoms with E-state index in [1.54, 1.807) is 12.1 Å². The maximum Gasteiger partial charge on any atom is 0.123 e. The van der Waals surface area contributed by atoms with Gasteiger partial charge < -0.3 is 5.11 Å². The van der Waals surface area contributed by atoms with Crippen LogP contribution in [0.1, 0.15) is 44.1 Å². The first-order valence-electron chi connectivity index (χ1n) is 7.88. The number of likely N-dealkylation sites (tertiary alicyclic amines) is 1. The van der Waals surface area contributed by atoms with Gasteiger partial charge in [0, 0.05) is 12.0 Å². The summed E-state index contributed by atoms with van der Waals surface area (Å²) < 4.78 is 13.3. The molecule has 0 aromatic heterocycles. The summed E-state index contributed by atoms with van der Waals surface area (Å²) in [5, 5.41) is 10.8. The summed E-state index contributed by atoms with van der Waals surface area (Å²) in [6.45, 7) is 2.22. The molecule has 2 nitrogen and oxygen atoms in total. The molecule has 0 spiro atoms. The smallest absolute Gasteiger partial charge is 0.123 e. The fourth-order valence-corrected chi connectivity index (χ4v) is 4.09. The van der Waals surface area contributed by atoms with Crippen LogP contribution < -0.4 is 0 Å². The lowest BCUT2D eigenvalue weighted by Crippen LogP contribution is -2.54. The van der Waals surface area contributed by atoms with Gasteiger partial charge in [0.2, 0.25) is 0 Å². The second kappa shape index (κ2) is 5.82. The van der Waals surface area contributed by atoms with Crippen molar-refractivity contribution in [3.8, 4) is 0 Å². The third-order valence-corrected chi connectivity index (χ3v) is 5.14. The molecule has 110 valence electrons. The predicted octanol–water partition coefficient (Wildman–Crippen LogP) is 3.14. The number of rotatable bonds is 4. The van der Waals surface area contributed by atoms with Crippen molar-refractivity contribution < 1.29 is 9.50 Å². The molecule has 2 fully saturated rings. The summed E-state index contributed by atoms with van der Waals surface area (Å²) >= 11 is 0. The van der Waals surface area contributed by atoms with Crippen LogP contribution in [0.5, 0.6) is 0 Å². The molecule has 0 radical (unpaired) electrons. The Labute approximate surface area is 120 Å². The molecule has 0 bridgehead atoms. The zero-order valence-corrected chi connectivity index (χ0v) is 12.0. The standard InChI is InChI=1S/C17H24FNO/c18-15-7-5-6-14(12-15)13-16(20)17(8-1-2-9-17)19-10-3-4-11-19/h5-7,12,16,20H,1-4,8-11,13H2. The number of halogens is 1. The molecule has 1 aromatic carbocycles. The summed E-state index contributed by atoms with van der Waals surface area (Å²) in [5.74, 6) is -0.212. The highest BCUT2D eigenvalue weighted by Crippen LogP contribution is 2.41. The first-order valence-corrected chi connectivity index (χ1v) is 7.88. The lowest BCUT2D eigenvalue weighted by Gasteiger charge is -2.42. The normalized spacial score (nSPS) is 24.1. The SMILES string of the molecule is OC(Cc1cccc(F)c1)C1(N2CCCC2)CCCC1. The number of hydrogen-bond donors (Lipinski definition) is 1. The maximum atomic E-state index is 13.3. The molecule has 1 unspecified atom stereocenters. The van der Waals surface area contributed by atoms with Crippen LogP contribution in [0.15, 0.2) is 24.3 Å². The Balaban J connectivity index is 1.77. The largest absolute Gasteiger partial charge is 0.391 e. The van der Waals surface area contributed by atoms with Crippen LogP contribution in [0.25, 0.3) is 0 Å². The first kappa shape index (κ1) is 14.0. The Kier molecular flexibility index (Phi) is 4.08. The summed E-state index contributed by atoms with van der Waals surface area (Å²) in [6.07, 6.45) is 7.25. The average molecular weight is 277 g/mol. The molecule has 1 aliphatic heterocycles. The molecular formula is C17H24FNO. The van der Waals surface area contributed by atoms with E-state index in [0.717, 1.165) is 31.5 Å². The van der Waals surface area contributed by atoms with E-state index in [1.165, 1.54) is 31.7 Å². The van der Waals surface area contributed by atoms with Crippen molar-refractivity contribution in [2.24, 2.45) is 0 Å². The minimum Gasteiger partial charge on any atom is -0.391 e. The van der Waals surface area contributed by atoms with Crippen LogP contribution in [0, 0.1) is 5.82 Å². The summed E-state index contributed by atoms with van der Waals surface area (Å²) in [5.41, 5.74) is 0.853. The minimum absolute atomic E-state index is 0.0528. The predicted molar refractivity (Wildman–Crippen MR) is 78.1 cm³/mol. The van der Waals surface area contributed by atoms with Gasteiger partial charge in [0.15, 0.2) is 0 Å². The fourth-order valence-electron chi connectivity index (χ4n) is 4.09. The number of hydrogen-bond acceptors (Lipinski definition) is 2. The maximum absolute atomic E-state index is 13.3. The van der Waals surface area contributed by atoms with Crippen LogP contribution in [0.2, 0.25) is 0 Å². The molecule has 3 rings (SSSR count). The van der Waals surface area contributed by atoms with Gasteiger partial charge in [-0.05, 0) is 56.5 Å². The van der Waals surface area contributed by atoms with Crippen LogP contribution in [0.4, 0.5) is 4.39 Å². The average Bonchev–Trinajstić information content (AvgIpc) is 3.11. The van der Waals surface area contributed by atoms with Gasteiger partial charge in [0.25, 0.3) is 0 Å². The lowest BCUT2D eigenvalue weighted by molar-refractivity contribution is -0.0172. The highest BCUT2D eigenvalue weighted by atomic mass is 19.1. The number of nitrogens with zero attached hydrogens (tertiary/aromatic N) is 1. The quantitative estimate of drug-likeness (QED) is 0.914. The van der Waals surface area contributed by atoms with E-state index in [9.17, 15) is 9.50 Å². The monoisotopic (exact) mass is 277 g/mol. The van der Waals surface area contributed by atoms with E-state index in [4.69, 9.17) is 0 Å². The van der Waals surface area contributed by atoms with E-state index < -0.39 is 0 Å². The number of aliphatic hydroxyl groups is 1. The van der Waals surface area contributed by atoms with Gasteiger partial charge in [0.1, 0.15) is 5.82 Å². The molecule has 1 saturated heterocycles. The Hall–Kier alpha value is -0.930. The van der Waals surface area contributed by atoms with Gasteiger partial charge in [0.05, 0.1) is 6.10 Å². The van der Waals surface area contributed by atoms with Crippen molar-refractivity contribution in [1.29, 1.82) is 0 Å². The summed E-state index contributed by atoms with van der Waals surface area (Å²) in [6, 6.07) is 6.66. The highest BCUT2D eigenvalue weighted by molar-refractivity contribution is 5.19. The topological polar surface area (TPSA) is 23.5 Å². The van der Waals surface area contributed by atoms with Crippen LogP contribution in [0.3, 0.4) is 0 Å². The molecule has 1 saturated carbocycles. The Morgan fingerprint density at radius 2 is 1.85 bits per heavy atom. The third kappa shape index (κ3) is 2.61. The second-order valence-corrected chi connectivity index (χ2v) is 6.35. The second-order valence-electron chi connectivity index (χ2n) is 6.35. The van der Waals surface area contributed by atoms with E-state index in [-0.39, 0.29) is 17.5 Å². The van der Waals surface area contributed by atoms with E-state index in [2.05, 4.69) is 4.90 Å². The van der Waals surface area contributed by atoms with Crippen molar-refractivity contribution in [2.75, 3.05) is 13.1 Å². The Bertz CT molecular complexity index is 450. The van der Waals surface area contributed by atoms with Gasteiger partial charge in [-0.25, -0.2) is 4.39 Å². The van der Waals surface area contributed by atoms with Crippen LogP contribution in [-0.4, -0.2) is 34.7 Å². The van der Waals surface area contributed by atoms with Crippen LogP contribution >= 0.6 is 0 Å².